The number of cyclic esters (lactones) is 1. The number of benzene rings is 2. The molecule has 1 saturated heterocycles. The Morgan fingerprint density at radius 2 is 1.62 bits per heavy atom. The third kappa shape index (κ3) is 6.57. The Kier molecular flexibility index (Phi) is 8.37. The Bertz CT molecular complexity index is 991. The van der Waals surface area contributed by atoms with Crippen LogP contribution in [-0.2, 0) is 18.8 Å². The Labute approximate surface area is 204 Å². The smallest absolute Gasteiger partial charge is 0.306 e. The van der Waals surface area contributed by atoms with Crippen LogP contribution >= 0.6 is 0 Å². The standard InChI is InChI=1S/C28H38O5Si/c1-28(2,3)34(5,6)33-26-19-25(32-27(30)13-8-7-12-24(26)29)22-11-9-10-21(18-22)20-14-16-23(31-4)17-15-20/h9-11,14-18,25-26H,7-8,12-13,19H2,1-6H3/t25-,26-/m1/s1. The summed E-state index contributed by atoms with van der Waals surface area (Å²) >= 11 is 0. The van der Waals surface area contributed by atoms with Gasteiger partial charge in [-0.25, -0.2) is 0 Å². The summed E-state index contributed by atoms with van der Waals surface area (Å²) in [6, 6.07) is 15.9. The number of ether oxygens (including phenoxy) is 2. The quantitative estimate of drug-likeness (QED) is 0.344. The van der Waals surface area contributed by atoms with E-state index < -0.39 is 20.5 Å². The molecule has 0 N–H and O–H groups in total. The fourth-order valence-electron chi connectivity index (χ4n) is 3.87. The monoisotopic (exact) mass is 482 g/mol. The van der Waals surface area contributed by atoms with Gasteiger partial charge in [-0.1, -0.05) is 51.1 Å². The van der Waals surface area contributed by atoms with Crippen molar-refractivity contribution in [3.63, 3.8) is 0 Å². The normalized spacial score (nSPS) is 20.5. The Hall–Kier alpha value is -2.44. The highest BCUT2D eigenvalue weighted by atomic mass is 28.4. The predicted molar refractivity (Wildman–Crippen MR) is 137 cm³/mol. The van der Waals surface area contributed by atoms with Gasteiger partial charge >= 0.3 is 5.97 Å². The average Bonchev–Trinajstić information content (AvgIpc) is 2.79. The van der Waals surface area contributed by atoms with Crippen LogP contribution in [0.1, 0.15) is 64.5 Å². The lowest BCUT2D eigenvalue weighted by atomic mass is 9.95. The number of esters is 1. The van der Waals surface area contributed by atoms with Crippen LogP contribution in [0.2, 0.25) is 18.1 Å². The van der Waals surface area contributed by atoms with Crippen molar-refractivity contribution in [1.29, 1.82) is 0 Å². The van der Waals surface area contributed by atoms with Crippen LogP contribution in [0, 0.1) is 0 Å². The van der Waals surface area contributed by atoms with Crippen molar-refractivity contribution in [3.05, 3.63) is 54.1 Å². The molecule has 34 heavy (non-hydrogen) atoms. The zero-order valence-electron chi connectivity index (χ0n) is 21.4. The van der Waals surface area contributed by atoms with Gasteiger partial charge in [0.05, 0.1) is 7.11 Å². The molecule has 2 aromatic carbocycles. The zero-order valence-corrected chi connectivity index (χ0v) is 22.4. The molecule has 0 amide bonds. The second kappa shape index (κ2) is 10.9. The van der Waals surface area contributed by atoms with Gasteiger partial charge in [-0.2, -0.15) is 0 Å². The molecule has 0 radical (unpaired) electrons. The highest BCUT2D eigenvalue weighted by Gasteiger charge is 2.41. The minimum absolute atomic E-state index is 0.0247. The van der Waals surface area contributed by atoms with E-state index in [0.29, 0.717) is 32.1 Å². The molecule has 3 rings (SSSR count). The molecule has 0 aliphatic carbocycles. The lowest BCUT2D eigenvalue weighted by molar-refractivity contribution is -0.153. The van der Waals surface area contributed by atoms with Crippen LogP contribution in [0.3, 0.4) is 0 Å². The van der Waals surface area contributed by atoms with Crippen molar-refractivity contribution >= 4 is 20.1 Å². The Balaban J connectivity index is 1.94. The average molecular weight is 483 g/mol. The van der Waals surface area contributed by atoms with Gasteiger partial charge < -0.3 is 13.9 Å². The number of rotatable bonds is 5. The molecule has 0 unspecified atom stereocenters. The third-order valence-electron chi connectivity index (χ3n) is 7.04. The highest BCUT2D eigenvalue weighted by molar-refractivity contribution is 6.74. The largest absolute Gasteiger partial charge is 0.497 e. The summed E-state index contributed by atoms with van der Waals surface area (Å²) in [5.74, 6) is 0.685. The van der Waals surface area contributed by atoms with Crippen LogP contribution in [0.4, 0.5) is 0 Å². The fourth-order valence-corrected chi connectivity index (χ4v) is 5.17. The maximum Gasteiger partial charge on any atom is 0.306 e. The topological polar surface area (TPSA) is 61.8 Å². The zero-order chi connectivity index (χ0) is 24.9. The molecule has 1 fully saturated rings. The molecule has 0 bridgehead atoms. The van der Waals surface area contributed by atoms with E-state index in [2.05, 4.69) is 33.9 Å². The van der Waals surface area contributed by atoms with Gasteiger partial charge in [0.1, 0.15) is 18.0 Å². The van der Waals surface area contributed by atoms with Crippen molar-refractivity contribution in [3.8, 4) is 16.9 Å². The van der Waals surface area contributed by atoms with E-state index in [0.717, 1.165) is 22.4 Å². The van der Waals surface area contributed by atoms with Gasteiger partial charge in [0.15, 0.2) is 14.1 Å². The summed E-state index contributed by atoms with van der Waals surface area (Å²) in [6.07, 6.45) is 1.31. The summed E-state index contributed by atoms with van der Waals surface area (Å²) in [5, 5.41) is -0.0247. The van der Waals surface area contributed by atoms with Crippen LogP contribution in [0.25, 0.3) is 11.1 Å². The molecule has 2 aromatic rings. The van der Waals surface area contributed by atoms with E-state index in [-0.39, 0.29) is 16.8 Å². The van der Waals surface area contributed by atoms with Gasteiger partial charge in [-0.3, -0.25) is 9.59 Å². The number of hydrogen-bond donors (Lipinski definition) is 0. The molecule has 6 heteroatoms. The third-order valence-corrected chi connectivity index (χ3v) is 11.5. The molecule has 5 nitrogen and oxygen atoms in total. The van der Waals surface area contributed by atoms with Crippen LogP contribution in [0.15, 0.2) is 48.5 Å². The van der Waals surface area contributed by atoms with E-state index in [9.17, 15) is 9.59 Å². The number of ketones is 1. The van der Waals surface area contributed by atoms with Gasteiger partial charge in [-0.05, 0) is 65.9 Å². The number of hydrogen-bond acceptors (Lipinski definition) is 5. The van der Waals surface area contributed by atoms with Crippen LogP contribution in [-0.4, -0.2) is 33.3 Å². The van der Waals surface area contributed by atoms with Gasteiger partial charge in [0, 0.05) is 19.3 Å². The Morgan fingerprint density at radius 3 is 2.26 bits per heavy atom. The summed E-state index contributed by atoms with van der Waals surface area (Å²) < 4.78 is 17.8. The highest BCUT2D eigenvalue weighted by Crippen LogP contribution is 2.39. The molecule has 0 saturated carbocycles. The van der Waals surface area contributed by atoms with Gasteiger partial charge in [-0.15, -0.1) is 0 Å². The summed E-state index contributed by atoms with van der Waals surface area (Å²) in [4.78, 5) is 25.8. The Morgan fingerprint density at radius 1 is 0.941 bits per heavy atom. The molecular weight excluding hydrogens is 444 g/mol. The van der Waals surface area contributed by atoms with E-state index >= 15 is 0 Å². The number of carbonyl (C=O) groups is 2. The lowest BCUT2D eigenvalue weighted by Gasteiger charge is -2.39. The molecule has 184 valence electrons. The first-order valence-corrected chi connectivity index (χ1v) is 15.1. The molecule has 1 aliphatic heterocycles. The molecule has 1 aliphatic rings. The molecule has 0 aromatic heterocycles. The van der Waals surface area contributed by atoms with Crippen molar-refractivity contribution in [2.75, 3.05) is 7.11 Å². The number of Topliss-reactive ketones (excluding diaryl/α,β-unsaturated/α-hetero) is 1. The van der Waals surface area contributed by atoms with E-state index in [4.69, 9.17) is 13.9 Å². The second-order valence-corrected chi connectivity index (χ2v) is 15.4. The maximum absolute atomic E-state index is 13.2. The molecule has 0 spiro atoms. The van der Waals surface area contributed by atoms with Crippen molar-refractivity contribution in [2.24, 2.45) is 0 Å². The fraction of sp³-hybridized carbons (Fsp3) is 0.500. The van der Waals surface area contributed by atoms with Crippen molar-refractivity contribution in [2.45, 2.75) is 83.2 Å². The first-order chi connectivity index (χ1) is 16.0. The van der Waals surface area contributed by atoms with Crippen molar-refractivity contribution < 1.29 is 23.5 Å². The predicted octanol–water partition coefficient (Wildman–Crippen LogP) is 6.87. The van der Waals surface area contributed by atoms with Crippen LogP contribution in [0.5, 0.6) is 5.75 Å². The minimum atomic E-state index is -2.20. The SMILES string of the molecule is COc1ccc(-c2cccc([C@H]3C[C@@H](O[Si](C)(C)C(C)(C)C)C(=O)CCCCC(=O)O3)c2)cc1. The van der Waals surface area contributed by atoms with Gasteiger partial charge in [0.25, 0.3) is 0 Å². The van der Waals surface area contributed by atoms with Gasteiger partial charge in [0.2, 0.25) is 0 Å². The molecule has 1 heterocycles. The van der Waals surface area contributed by atoms with Crippen molar-refractivity contribution in [1.82, 2.24) is 0 Å². The van der Waals surface area contributed by atoms with Crippen LogP contribution < -0.4 is 4.74 Å². The summed E-state index contributed by atoms with van der Waals surface area (Å²) in [5.41, 5.74) is 2.93. The lowest BCUT2D eigenvalue weighted by Crippen LogP contribution is -2.46. The van der Waals surface area contributed by atoms with E-state index in [1.165, 1.54) is 0 Å². The minimum Gasteiger partial charge on any atom is -0.497 e. The van der Waals surface area contributed by atoms with E-state index in [1.54, 1.807) is 7.11 Å². The first-order valence-electron chi connectivity index (χ1n) is 12.1. The summed E-state index contributed by atoms with van der Waals surface area (Å²) in [6.45, 7) is 10.8. The van der Waals surface area contributed by atoms with E-state index in [1.807, 2.05) is 48.5 Å². The summed E-state index contributed by atoms with van der Waals surface area (Å²) in [7, 11) is -0.549. The molecular formula is C28H38O5Si. The maximum atomic E-state index is 13.2. The molecule has 2 atom stereocenters. The number of carbonyl (C=O) groups excluding carboxylic acids is 2. The first kappa shape index (κ1) is 26.2. The number of methoxy groups -OCH3 is 1. The second-order valence-electron chi connectivity index (χ2n) is 10.6.